The average molecular weight is 845 g/mol. The summed E-state index contributed by atoms with van der Waals surface area (Å²) in [4.78, 5) is 48.8. The van der Waals surface area contributed by atoms with Crippen molar-refractivity contribution in [2.45, 2.75) is 77.7 Å². The molecule has 6 rings (SSSR count). The third-order valence-corrected chi connectivity index (χ3v) is 10.6. The van der Waals surface area contributed by atoms with E-state index in [-0.39, 0.29) is 41.3 Å². The number of rotatable bonds is 9. The average Bonchev–Trinajstić information content (AvgIpc) is 3.26. The number of nitriles is 2. The minimum atomic E-state index is -1.00. The highest BCUT2D eigenvalue weighted by Crippen LogP contribution is 2.30. The maximum atomic E-state index is 13.4. The van der Waals surface area contributed by atoms with Crippen LogP contribution in [0.5, 0.6) is 23.5 Å². The number of piperidine rings is 2. The molecule has 15 nitrogen and oxygen atoms in total. The lowest BCUT2D eigenvalue weighted by Crippen LogP contribution is -2.49. The highest BCUT2D eigenvalue weighted by atomic mass is 35.5. The van der Waals surface area contributed by atoms with Crippen molar-refractivity contribution in [3.05, 3.63) is 87.3 Å². The minimum absolute atomic E-state index is 0.0463. The van der Waals surface area contributed by atoms with Gasteiger partial charge in [-0.25, -0.2) is 15.0 Å². The third-order valence-electron chi connectivity index (χ3n) is 10.3. The van der Waals surface area contributed by atoms with E-state index in [9.17, 15) is 24.5 Å². The van der Waals surface area contributed by atoms with Crippen LogP contribution in [0.3, 0.4) is 0 Å². The zero-order valence-electron chi connectivity index (χ0n) is 36.1. The zero-order chi connectivity index (χ0) is 44.8. The molecule has 4 aromatic rings. The zero-order valence-corrected chi connectivity index (χ0v) is 35.9. The molecule has 17 heteroatoms. The molecule has 6 heterocycles. The molecule has 0 aromatic carbocycles. The number of anilines is 1. The van der Waals surface area contributed by atoms with E-state index in [1.807, 2.05) is 39.8 Å². The minimum Gasteiger partial charge on any atom is -0.481 e. The van der Waals surface area contributed by atoms with E-state index in [0.29, 0.717) is 75.8 Å². The molecule has 2 aliphatic heterocycles. The van der Waals surface area contributed by atoms with Crippen LogP contribution in [-0.2, 0) is 0 Å². The normalized spacial score (nSPS) is 18.4. The quantitative estimate of drug-likeness (QED) is 0.161. The summed E-state index contributed by atoms with van der Waals surface area (Å²) < 4.78 is 37.9. The lowest BCUT2D eigenvalue weighted by Gasteiger charge is -2.38. The van der Waals surface area contributed by atoms with Crippen molar-refractivity contribution in [1.82, 2.24) is 29.7 Å². The Labute approximate surface area is 357 Å². The number of methoxy groups -OCH3 is 2. The van der Waals surface area contributed by atoms with Crippen molar-refractivity contribution in [3.63, 3.8) is 0 Å². The van der Waals surface area contributed by atoms with Gasteiger partial charge in [-0.2, -0.15) is 15.5 Å². The van der Waals surface area contributed by atoms with E-state index in [0.717, 1.165) is 25.7 Å². The molecule has 2 aliphatic rings. The Morgan fingerprint density at radius 3 is 1.63 bits per heavy atom. The Balaban J connectivity index is 0.000000253. The van der Waals surface area contributed by atoms with E-state index in [2.05, 4.69) is 32.1 Å². The van der Waals surface area contributed by atoms with E-state index in [1.54, 1.807) is 72.6 Å². The molecule has 0 bridgehead atoms. The van der Waals surface area contributed by atoms with Crippen molar-refractivity contribution in [1.29, 1.82) is 10.5 Å². The molecule has 0 N–H and O–H groups in total. The first-order chi connectivity index (χ1) is 29.2. The number of ether oxygens (including phenoxy) is 4. The first kappa shape index (κ1) is 44.8. The van der Waals surface area contributed by atoms with Crippen LogP contribution in [-0.4, -0.2) is 114 Å². The number of aromatic nitrogens is 4. The Morgan fingerprint density at radius 1 is 0.783 bits per heavy atom. The van der Waals surface area contributed by atoms with Gasteiger partial charge in [0.15, 0.2) is 0 Å². The molecular weight excluding hydrogens is 793 g/mol. The Bertz CT molecular complexity index is 2240. The van der Waals surface area contributed by atoms with Crippen LogP contribution in [0, 0.1) is 36.5 Å². The monoisotopic (exact) mass is 844 g/mol. The number of amides is 2. The van der Waals surface area contributed by atoms with Crippen molar-refractivity contribution < 1.29 is 34.3 Å². The first-order valence-corrected chi connectivity index (χ1v) is 19.5. The second-order valence-corrected chi connectivity index (χ2v) is 14.7. The van der Waals surface area contributed by atoms with Gasteiger partial charge in [-0.05, 0) is 77.6 Å². The van der Waals surface area contributed by atoms with Gasteiger partial charge in [0.1, 0.15) is 23.2 Å². The third kappa shape index (κ3) is 11.1. The smallest absolute Gasteiger partial charge is 0.257 e. The fraction of sp³-hybridized carbons (Fsp3) is 0.442. The predicted octanol–water partition coefficient (Wildman–Crippen LogP) is 6.78. The Hall–Kier alpha value is -6.26. The highest BCUT2D eigenvalue weighted by Gasteiger charge is 2.34. The van der Waals surface area contributed by atoms with Crippen LogP contribution >= 0.6 is 11.6 Å². The second kappa shape index (κ2) is 21.7. The van der Waals surface area contributed by atoms with Gasteiger partial charge >= 0.3 is 0 Å². The van der Waals surface area contributed by atoms with Crippen LogP contribution in [0.2, 0.25) is 5.15 Å². The van der Waals surface area contributed by atoms with E-state index in [4.69, 9.17) is 31.9 Å². The Kier molecular flexibility index (Phi) is 16.2. The molecule has 0 aliphatic carbocycles. The molecule has 4 aromatic heterocycles. The molecule has 4 atom stereocenters. The number of hydrogen-bond acceptors (Lipinski definition) is 13. The number of alkyl halides is 1. The van der Waals surface area contributed by atoms with Gasteiger partial charge in [0.2, 0.25) is 23.5 Å². The maximum absolute atomic E-state index is 13.4. The molecule has 318 valence electrons. The standard InChI is InChI=1S/C22H27N5O3.C20H21ClN4O3.CH3F/c1-14-6-7-17(30-21-15(2)16(12-23)10-11-24-21)13-27(14)22(28)18-8-9-19(29-5)25-20(18)26(3)4;1-12-4-5-15(28-19-13(2)14(10-22)8-9-23-19)11-25(12)20(26)16-6-7-17(27-3)24-18(16)21;1-2/h8-11,14,17H,6-7,13H2,1-5H3;6-9,12,15H,4-5,11H2,1-3H3;1H3/t14-,17-;12-,15-;/m11./s1/i;;1D. The van der Waals surface area contributed by atoms with Gasteiger partial charge in [0.25, 0.3) is 11.8 Å². The molecule has 60 heavy (non-hydrogen) atoms. The molecule has 2 fully saturated rings. The summed E-state index contributed by atoms with van der Waals surface area (Å²) in [5.41, 5.74) is 3.33. The van der Waals surface area contributed by atoms with E-state index >= 15 is 0 Å². The van der Waals surface area contributed by atoms with Crippen molar-refractivity contribution in [3.8, 4) is 35.7 Å². The predicted molar refractivity (Wildman–Crippen MR) is 224 cm³/mol. The summed E-state index contributed by atoms with van der Waals surface area (Å²) in [6.45, 7) is 8.51. The number of carbonyl (C=O) groups excluding carboxylic acids is 2. The number of hydrogen-bond donors (Lipinski definition) is 0. The first-order valence-electron chi connectivity index (χ1n) is 19.9. The van der Waals surface area contributed by atoms with Gasteiger partial charge < -0.3 is 33.6 Å². The van der Waals surface area contributed by atoms with Crippen LogP contribution in [0.4, 0.5) is 10.2 Å². The topological polar surface area (TPSA) is 180 Å². The van der Waals surface area contributed by atoms with Gasteiger partial charge in [0.05, 0.1) is 70.2 Å². The molecule has 2 saturated heterocycles. The summed E-state index contributed by atoms with van der Waals surface area (Å²) >= 11 is 6.18. The summed E-state index contributed by atoms with van der Waals surface area (Å²) in [5.74, 6) is 1.96. The molecule has 0 spiro atoms. The fourth-order valence-corrected chi connectivity index (χ4v) is 7.01. The number of pyridine rings is 4. The molecular formula is C43H51ClFN9O6. The largest absolute Gasteiger partial charge is 0.481 e. The second-order valence-electron chi connectivity index (χ2n) is 14.4. The number of carbonyl (C=O) groups is 2. The summed E-state index contributed by atoms with van der Waals surface area (Å²) in [6.07, 6.45) is 5.91. The summed E-state index contributed by atoms with van der Waals surface area (Å²) in [7, 11) is 5.74. The molecule has 2 amide bonds. The number of halogens is 2. The van der Waals surface area contributed by atoms with E-state index in [1.165, 1.54) is 7.11 Å². The van der Waals surface area contributed by atoms with E-state index < -0.39 is 7.15 Å². The van der Waals surface area contributed by atoms with Crippen molar-refractivity contribution in [2.24, 2.45) is 0 Å². The lowest BCUT2D eigenvalue weighted by atomic mass is 10.00. The van der Waals surface area contributed by atoms with Gasteiger partial charge in [0, 0.05) is 61.8 Å². The molecule has 0 saturated carbocycles. The fourth-order valence-electron chi connectivity index (χ4n) is 6.79. The Morgan fingerprint density at radius 2 is 1.22 bits per heavy atom. The van der Waals surface area contributed by atoms with Crippen molar-refractivity contribution in [2.75, 3.05) is 53.5 Å². The number of nitrogens with zero attached hydrogens (tertiary/aromatic N) is 9. The van der Waals surface area contributed by atoms with Crippen LogP contribution < -0.4 is 23.8 Å². The van der Waals surface area contributed by atoms with Gasteiger partial charge in [-0.3, -0.25) is 14.0 Å². The summed E-state index contributed by atoms with van der Waals surface area (Å²) in [6, 6.07) is 14.4. The maximum Gasteiger partial charge on any atom is 0.257 e. The summed E-state index contributed by atoms with van der Waals surface area (Å²) in [5, 5.41) is 18.5. The lowest BCUT2D eigenvalue weighted by molar-refractivity contribution is 0.0368. The highest BCUT2D eigenvalue weighted by molar-refractivity contribution is 6.32. The van der Waals surface area contributed by atoms with Gasteiger partial charge in [-0.1, -0.05) is 11.6 Å². The van der Waals surface area contributed by atoms with Crippen LogP contribution in [0.25, 0.3) is 0 Å². The SMILES string of the molecule is COc1ccc(C(=O)N2C[C@H](Oc3nccc(C#N)c3C)CC[C@H]2C)c(Cl)n1.COc1ccc(C(=O)N2C[C@H](Oc3nccc(C#N)c3C)CC[C@H]2C)c(N(C)C)n1.[2H]CF. The van der Waals surface area contributed by atoms with Crippen molar-refractivity contribution >= 4 is 29.2 Å². The number of likely N-dealkylation sites (tertiary alicyclic amines) is 2. The van der Waals surface area contributed by atoms with Crippen LogP contribution in [0.15, 0.2) is 48.8 Å². The molecule has 0 radical (unpaired) electrons. The molecule has 0 unspecified atom stereocenters. The van der Waals surface area contributed by atoms with Gasteiger partial charge in [-0.15, -0.1) is 0 Å². The van der Waals surface area contributed by atoms with Crippen LogP contribution in [0.1, 0.15) is 83.9 Å².